The molecule has 84 valence electrons. The molecule has 2 rings (SSSR count). The minimum Gasteiger partial charge on any atom is -0.306 e. The summed E-state index contributed by atoms with van der Waals surface area (Å²) in [5.74, 6) is 0.613. The maximum absolute atomic E-state index is 4.38. The summed E-state index contributed by atoms with van der Waals surface area (Å²) in [6.07, 6.45) is 4.42. The van der Waals surface area contributed by atoms with Gasteiger partial charge in [0.05, 0.1) is 11.2 Å². The van der Waals surface area contributed by atoms with Gasteiger partial charge in [-0.15, -0.1) is 0 Å². The van der Waals surface area contributed by atoms with Crippen LogP contribution >= 0.6 is 0 Å². The van der Waals surface area contributed by atoms with Crippen LogP contribution in [0.25, 0.3) is 0 Å². The summed E-state index contributed by atoms with van der Waals surface area (Å²) in [5.41, 5.74) is 1.52. The molecule has 1 N–H and O–H groups in total. The van der Waals surface area contributed by atoms with Crippen LogP contribution < -0.4 is 5.32 Å². The predicted octanol–water partition coefficient (Wildman–Crippen LogP) is 2.14. The molecule has 0 saturated carbocycles. The summed E-state index contributed by atoms with van der Waals surface area (Å²) in [5, 5.41) is 8.07. The van der Waals surface area contributed by atoms with E-state index in [1.54, 1.807) is 0 Å². The van der Waals surface area contributed by atoms with Crippen molar-refractivity contribution in [3.05, 3.63) is 18.0 Å². The monoisotopic (exact) mass is 207 g/mol. The van der Waals surface area contributed by atoms with E-state index in [4.69, 9.17) is 0 Å². The van der Waals surface area contributed by atoms with Gasteiger partial charge in [-0.3, -0.25) is 4.68 Å². The average molecular weight is 207 g/mol. The maximum Gasteiger partial charge on any atom is 0.0629 e. The largest absolute Gasteiger partial charge is 0.306 e. The molecule has 1 aromatic heterocycles. The highest BCUT2D eigenvalue weighted by atomic mass is 15.3. The Labute approximate surface area is 91.9 Å². The maximum atomic E-state index is 4.38. The zero-order valence-electron chi connectivity index (χ0n) is 9.95. The molecule has 1 atom stereocenters. The van der Waals surface area contributed by atoms with Crippen molar-refractivity contribution < 1.29 is 0 Å². The number of rotatable bonds is 3. The Morgan fingerprint density at radius 1 is 1.60 bits per heavy atom. The van der Waals surface area contributed by atoms with E-state index in [1.165, 1.54) is 18.5 Å². The Hall–Kier alpha value is -0.830. The van der Waals surface area contributed by atoms with E-state index < -0.39 is 0 Å². The van der Waals surface area contributed by atoms with Crippen molar-refractivity contribution in [2.75, 3.05) is 6.54 Å². The van der Waals surface area contributed by atoms with Gasteiger partial charge in [-0.05, 0) is 38.3 Å². The van der Waals surface area contributed by atoms with Gasteiger partial charge in [-0.25, -0.2) is 0 Å². The van der Waals surface area contributed by atoms with Crippen LogP contribution in [0.5, 0.6) is 0 Å². The van der Waals surface area contributed by atoms with Crippen LogP contribution in [0.4, 0.5) is 0 Å². The molecule has 3 heteroatoms. The van der Waals surface area contributed by atoms with Gasteiger partial charge in [0, 0.05) is 12.7 Å². The fraction of sp³-hybridized carbons (Fsp3) is 0.750. The molecule has 0 spiro atoms. The summed E-state index contributed by atoms with van der Waals surface area (Å²) in [4.78, 5) is 0. The first-order valence-electron chi connectivity index (χ1n) is 5.98. The Bertz CT molecular complexity index is 321. The first-order valence-corrected chi connectivity index (χ1v) is 5.98. The molecule has 1 aliphatic heterocycles. The number of aryl methyl sites for hydroxylation is 1. The molecule has 0 amide bonds. The van der Waals surface area contributed by atoms with Gasteiger partial charge < -0.3 is 5.32 Å². The summed E-state index contributed by atoms with van der Waals surface area (Å²) in [7, 11) is 0. The highest BCUT2D eigenvalue weighted by molar-refractivity contribution is 5.18. The second-order valence-electron chi connectivity index (χ2n) is 4.69. The van der Waals surface area contributed by atoms with E-state index in [0.717, 1.165) is 13.1 Å². The summed E-state index contributed by atoms with van der Waals surface area (Å²) >= 11 is 0. The van der Waals surface area contributed by atoms with Crippen molar-refractivity contribution in [1.29, 1.82) is 0 Å². The highest BCUT2D eigenvalue weighted by Gasteiger charge is 2.40. The summed E-state index contributed by atoms with van der Waals surface area (Å²) in [6.45, 7) is 8.83. The zero-order valence-corrected chi connectivity index (χ0v) is 9.95. The number of nitrogens with one attached hydrogen (secondary N) is 1. The van der Waals surface area contributed by atoms with Crippen LogP contribution in [0.3, 0.4) is 0 Å². The Morgan fingerprint density at radius 2 is 2.40 bits per heavy atom. The van der Waals surface area contributed by atoms with Gasteiger partial charge in [0.1, 0.15) is 0 Å². The quantitative estimate of drug-likeness (QED) is 0.823. The molecule has 1 aliphatic rings. The second-order valence-corrected chi connectivity index (χ2v) is 4.69. The number of hydrogen-bond acceptors (Lipinski definition) is 2. The third-order valence-corrected chi connectivity index (χ3v) is 3.65. The van der Waals surface area contributed by atoms with Crippen molar-refractivity contribution in [2.45, 2.75) is 45.7 Å². The van der Waals surface area contributed by atoms with Gasteiger partial charge in [-0.1, -0.05) is 13.8 Å². The standard InChI is InChI=1S/C12H21N3/c1-4-15-11(6-9-14-15)12(10(2)3)7-5-8-13-12/h6,9-10,13H,4-5,7-8H2,1-3H3. The normalized spacial score (nSPS) is 26.4. The predicted molar refractivity (Wildman–Crippen MR) is 61.7 cm³/mol. The summed E-state index contributed by atoms with van der Waals surface area (Å²) in [6, 6.07) is 2.17. The molecule has 0 aromatic carbocycles. The minimum atomic E-state index is 0.159. The van der Waals surface area contributed by atoms with E-state index in [9.17, 15) is 0 Å². The van der Waals surface area contributed by atoms with E-state index in [2.05, 4.69) is 41.9 Å². The molecule has 0 aliphatic carbocycles. The molecule has 1 saturated heterocycles. The van der Waals surface area contributed by atoms with Gasteiger partial charge in [0.2, 0.25) is 0 Å². The first-order chi connectivity index (χ1) is 7.20. The van der Waals surface area contributed by atoms with E-state index in [0.29, 0.717) is 5.92 Å². The van der Waals surface area contributed by atoms with Crippen LogP contribution in [0.1, 0.15) is 39.3 Å². The minimum absolute atomic E-state index is 0.159. The number of hydrogen-bond donors (Lipinski definition) is 1. The lowest BCUT2D eigenvalue weighted by Gasteiger charge is -2.34. The van der Waals surface area contributed by atoms with Gasteiger partial charge in [0.25, 0.3) is 0 Å². The van der Waals surface area contributed by atoms with Crippen LogP contribution in [0.2, 0.25) is 0 Å². The number of aromatic nitrogens is 2. The lowest BCUT2D eigenvalue weighted by molar-refractivity contribution is 0.256. The first kappa shape index (κ1) is 10.7. The molecule has 2 heterocycles. The van der Waals surface area contributed by atoms with Crippen molar-refractivity contribution >= 4 is 0 Å². The van der Waals surface area contributed by atoms with Gasteiger partial charge in [-0.2, -0.15) is 5.10 Å². The molecule has 1 aromatic rings. The molecular weight excluding hydrogens is 186 g/mol. The van der Waals surface area contributed by atoms with Crippen LogP contribution in [-0.2, 0) is 12.1 Å². The fourth-order valence-corrected chi connectivity index (χ4v) is 2.74. The van der Waals surface area contributed by atoms with Gasteiger partial charge in [0.15, 0.2) is 0 Å². The van der Waals surface area contributed by atoms with Crippen molar-refractivity contribution in [1.82, 2.24) is 15.1 Å². The molecule has 0 bridgehead atoms. The molecular formula is C12H21N3. The molecule has 3 nitrogen and oxygen atoms in total. The van der Waals surface area contributed by atoms with E-state index in [1.807, 2.05) is 6.20 Å². The molecule has 15 heavy (non-hydrogen) atoms. The Balaban J connectivity index is 2.40. The highest BCUT2D eigenvalue weighted by Crippen LogP contribution is 2.37. The van der Waals surface area contributed by atoms with E-state index in [-0.39, 0.29) is 5.54 Å². The average Bonchev–Trinajstić information content (AvgIpc) is 2.86. The summed E-state index contributed by atoms with van der Waals surface area (Å²) < 4.78 is 2.12. The molecule has 1 fully saturated rings. The van der Waals surface area contributed by atoms with Crippen molar-refractivity contribution in [3.8, 4) is 0 Å². The Kier molecular flexibility index (Phi) is 2.83. The van der Waals surface area contributed by atoms with Crippen LogP contribution in [-0.4, -0.2) is 16.3 Å². The van der Waals surface area contributed by atoms with Crippen LogP contribution in [0.15, 0.2) is 12.3 Å². The fourth-order valence-electron chi connectivity index (χ4n) is 2.74. The lowest BCUT2D eigenvalue weighted by Crippen LogP contribution is -2.43. The zero-order chi connectivity index (χ0) is 10.9. The second kappa shape index (κ2) is 3.97. The topological polar surface area (TPSA) is 29.9 Å². The van der Waals surface area contributed by atoms with Crippen molar-refractivity contribution in [3.63, 3.8) is 0 Å². The molecule has 1 unspecified atom stereocenters. The number of nitrogens with zero attached hydrogens (tertiary/aromatic N) is 2. The van der Waals surface area contributed by atoms with Crippen molar-refractivity contribution in [2.24, 2.45) is 5.92 Å². The van der Waals surface area contributed by atoms with E-state index >= 15 is 0 Å². The molecule has 0 radical (unpaired) electrons. The lowest BCUT2D eigenvalue weighted by atomic mass is 9.82. The third-order valence-electron chi connectivity index (χ3n) is 3.65. The Morgan fingerprint density at radius 3 is 2.93 bits per heavy atom. The third kappa shape index (κ3) is 1.59. The van der Waals surface area contributed by atoms with Crippen LogP contribution in [0, 0.1) is 5.92 Å². The van der Waals surface area contributed by atoms with Gasteiger partial charge >= 0.3 is 0 Å². The SMILES string of the molecule is CCn1nccc1C1(C(C)C)CCCN1. The smallest absolute Gasteiger partial charge is 0.0629 e.